The Kier molecular flexibility index (Phi) is 4.49. The number of hydrogen-bond donors (Lipinski definition) is 0. The van der Waals surface area contributed by atoms with Crippen molar-refractivity contribution in [1.82, 2.24) is 0 Å². The monoisotopic (exact) mass is 360 g/mol. The van der Waals surface area contributed by atoms with Crippen molar-refractivity contribution in [2.24, 2.45) is 4.99 Å². The van der Waals surface area contributed by atoms with E-state index < -0.39 is 6.89 Å². The molecule has 4 heteroatoms. The standard InChI is InChI=1S/C21H17N2PS/c22-16-19-12-7-13-20(21-23-14-15-25-21)24(19,17-8-3-1-4-9-17)18-10-5-2-6-11-18/h1-13H,14-15H2. The van der Waals surface area contributed by atoms with Gasteiger partial charge in [-0.25, -0.2) is 0 Å². The third-order valence-electron chi connectivity index (χ3n) is 4.44. The minimum atomic E-state index is -2.19. The highest BCUT2D eigenvalue weighted by molar-refractivity contribution is 8.18. The molecular formula is C21H17N2PS. The van der Waals surface area contributed by atoms with E-state index in [4.69, 9.17) is 4.99 Å². The molecule has 2 aliphatic rings. The number of benzene rings is 2. The Hall–Kier alpha value is -2.27. The van der Waals surface area contributed by atoms with E-state index in [-0.39, 0.29) is 0 Å². The molecule has 2 heterocycles. The molecule has 0 fully saturated rings. The van der Waals surface area contributed by atoms with Crippen LogP contribution in [0.15, 0.2) is 89.2 Å². The van der Waals surface area contributed by atoms with Crippen molar-refractivity contribution in [2.45, 2.75) is 0 Å². The third-order valence-corrected chi connectivity index (χ3v) is 9.80. The second kappa shape index (κ2) is 6.92. The first-order valence-electron chi connectivity index (χ1n) is 8.22. The van der Waals surface area contributed by atoms with Gasteiger partial charge in [0.25, 0.3) is 0 Å². The van der Waals surface area contributed by atoms with E-state index in [0.29, 0.717) is 0 Å². The summed E-state index contributed by atoms with van der Waals surface area (Å²) in [7, 11) is 0. The predicted octanol–water partition coefficient (Wildman–Crippen LogP) is 3.95. The Balaban J connectivity index is 2.18. The second-order valence-electron chi connectivity index (χ2n) is 5.79. The van der Waals surface area contributed by atoms with Crippen LogP contribution in [0, 0.1) is 11.3 Å². The summed E-state index contributed by atoms with van der Waals surface area (Å²) >= 11 is 1.81. The molecule has 0 bridgehead atoms. The number of hydrogen-bond acceptors (Lipinski definition) is 3. The van der Waals surface area contributed by atoms with Crippen LogP contribution in [0.25, 0.3) is 0 Å². The molecule has 0 amide bonds. The smallest absolute Gasteiger partial charge is 0.100 e. The van der Waals surface area contributed by atoms with E-state index in [0.717, 1.165) is 22.7 Å². The molecule has 2 nitrogen and oxygen atoms in total. The lowest BCUT2D eigenvalue weighted by atomic mass is 10.3. The van der Waals surface area contributed by atoms with Crippen LogP contribution >= 0.6 is 18.6 Å². The van der Waals surface area contributed by atoms with Gasteiger partial charge in [0.1, 0.15) is 6.07 Å². The summed E-state index contributed by atoms with van der Waals surface area (Å²) in [5, 5.41) is 15.6. The fourth-order valence-corrected chi connectivity index (χ4v) is 8.82. The molecular weight excluding hydrogens is 343 g/mol. The minimum Gasteiger partial charge on any atom is -0.277 e. The Morgan fingerprint density at radius 1 is 0.960 bits per heavy atom. The van der Waals surface area contributed by atoms with Crippen LogP contribution in [0.4, 0.5) is 0 Å². The van der Waals surface area contributed by atoms with E-state index in [9.17, 15) is 5.26 Å². The Morgan fingerprint density at radius 3 is 2.12 bits per heavy atom. The zero-order valence-electron chi connectivity index (χ0n) is 13.7. The molecule has 0 saturated carbocycles. The molecule has 0 unspecified atom stereocenters. The highest BCUT2D eigenvalue weighted by Gasteiger charge is 2.34. The van der Waals surface area contributed by atoms with Crippen molar-refractivity contribution in [3.63, 3.8) is 0 Å². The van der Waals surface area contributed by atoms with Gasteiger partial charge in [0.15, 0.2) is 0 Å². The molecule has 0 N–H and O–H groups in total. The Morgan fingerprint density at radius 2 is 1.60 bits per heavy atom. The average Bonchev–Trinajstić information content (AvgIpc) is 3.23. The maximum atomic E-state index is 10.0. The average molecular weight is 360 g/mol. The van der Waals surface area contributed by atoms with Gasteiger partial charge in [0, 0.05) is 17.6 Å². The molecule has 0 spiro atoms. The lowest BCUT2D eigenvalue weighted by Crippen LogP contribution is -2.26. The number of allylic oxidation sites excluding steroid dienone is 4. The van der Waals surface area contributed by atoms with Crippen molar-refractivity contribution >= 4 is 39.6 Å². The van der Waals surface area contributed by atoms with Crippen LogP contribution in [0.5, 0.6) is 0 Å². The molecule has 0 atom stereocenters. The number of aliphatic imine (C=N–C) groups is 1. The van der Waals surface area contributed by atoms with E-state index >= 15 is 0 Å². The molecule has 4 rings (SSSR count). The van der Waals surface area contributed by atoms with Gasteiger partial charge in [-0.2, -0.15) is 5.26 Å². The molecule has 0 aromatic heterocycles. The number of rotatable bonds is 3. The van der Waals surface area contributed by atoms with Crippen molar-refractivity contribution in [3.8, 4) is 6.07 Å². The highest BCUT2D eigenvalue weighted by Crippen LogP contribution is 2.56. The Bertz CT molecular complexity index is 936. The van der Waals surface area contributed by atoms with Crippen molar-refractivity contribution in [1.29, 1.82) is 5.26 Å². The van der Waals surface area contributed by atoms with E-state index in [1.54, 1.807) is 11.8 Å². The Labute approximate surface area is 152 Å². The van der Waals surface area contributed by atoms with Gasteiger partial charge in [-0.1, -0.05) is 72.8 Å². The fourth-order valence-electron chi connectivity index (χ4n) is 3.41. The van der Waals surface area contributed by atoms with Gasteiger partial charge in [0.05, 0.1) is 10.4 Å². The summed E-state index contributed by atoms with van der Waals surface area (Å²) in [4.78, 5) is 4.76. The summed E-state index contributed by atoms with van der Waals surface area (Å²) in [6.45, 7) is -1.33. The van der Waals surface area contributed by atoms with E-state index in [1.165, 1.54) is 15.9 Å². The first kappa shape index (κ1) is 16.2. The molecule has 25 heavy (non-hydrogen) atoms. The van der Waals surface area contributed by atoms with Crippen LogP contribution < -0.4 is 10.6 Å². The predicted molar refractivity (Wildman–Crippen MR) is 112 cm³/mol. The van der Waals surface area contributed by atoms with Gasteiger partial charge in [-0.05, 0) is 23.6 Å². The normalized spacial score (nSPS) is 18.4. The summed E-state index contributed by atoms with van der Waals surface area (Å²) < 4.78 is 0. The van der Waals surface area contributed by atoms with Gasteiger partial charge >= 0.3 is 0 Å². The topological polar surface area (TPSA) is 36.1 Å². The number of nitriles is 1. The van der Waals surface area contributed by atoms with Crippen LogP contribution in [-0.2, 0) is 0 Å². The maximum Gasteiger partial charge on any atom is 0.100 e. The lowest BCUT2D eigenvalue weighted by molar-refractivity contribution is 1.18. The molecule has 0 saturated heterocycles. The first-order valence-corrected chi connectivity index (χ1v) is 11.0. The van der Waals surface area contributed by atoms with Gasteiger partial charge in [0.2, 0.25) is 0 Å². The van der Waals surface area contributed by atoms with Crippen molar-refractivity contribution in [2.75, 3.05) is 12.3 Å². The van der Waals surface area contributed by atoms with E-state index in [2.05, 4.69) is 60.7 Å². The van der Waals surface area contributed by atoms with Gasteiger partial charge in [-0.15, -0.1) is 11.8 Å². The lowest BCUT2D eigenvalue weighted by Gasteiger charge is -2.32. The van der Waals surface area contributed by atoms with Crippen molar-refractivity contribution in [3.05, 3.63) is 84.2 Å². The summed E-state index contributed by atoms with van der Waals surface area (Å²) in [5.74, 6) is 1.02. The maximum absolute atomic E-state index is 10.0. The molecule has 0 aliphatic carbocycles. The van der Waals surface area contributed by atoms with Crippen LogP contribution in [0.3, 0.4) is 0 Å². The zero-order chi connectivity index (χ0) is 17.1. The summed E-state index contributed by atoms with van der Waals surface area (Å²) in [6, 6.07) is 23.5. The summed E-state index contributed by atoms with van der Waals surface area (Å²) in [6.07, 6.45) is 6.16. The van der Waals surface area contributed by atoms with Crippen LogP contribution in [0.1, 0.15) is 0 Å². The summed E-state index contributed by atoms with van der Waals surface area (Å²) in [5.41, 5.74) is 0. The van der Waals surface area contributed by atoms with Crippen LogP contribution in [-0.4, -0.2) is 22.6 Å². The van der Waals surface area contributed by atoms with E-state index in [1.807, 2.05) is 24.3 Å². The zero-order valence-corrected chi connectivity index (χ0v) is 15.4. The quantitative estimate of drug-likeness (QED) is 0.777. The third kappa shape index (κ3) is 2.63. The number of thioether (sulfide) groups is 1. The van der Waals surface area contributed by atoms with Crippen LogP contribution in [0.2, 0.25) is 0 Å². The number of nitrogens with zero attached hydrogens (tertiary/aromatic N) is 2. The van der Waals surface area contributed by atoms with Gasteiger partial charge in [-0.3, -0.25) is 4.99 Å². The van der Waals surface area contributed by atoms with Crippen molar-refractivity contribution < 1.29 is 0 Å². The molecule has 2 aromatic carbocycles. The second-order valence-corrected chi connectivity index (χ2v) is 10.2. The fraction of sp³-hybridized carbons (Fsp3) is 0.0952. The van der Waals surface area contributed by atoms with Gasteiger partial charge < -0.3 is 0 Å². The SMILES string of the molecule is N#CC1=CC=CC(C2=NCCS2)=P1(c1ccccc1)c1ccccc1. The first-order chi connectivity index (χ1) is 12.4. The molecule has 0 radical (unpaired) electrons. The molecule has 2 aromatic rings. The minimum absolute atomic E-state index is 0.845. The largest absolute Gasteiger partial charge is 0.277 e. The molecule has 122 valence electrons. The molecule has 2 aliphatic heterocycles. The highest BCUT2D eigenvalue weighted by atomic mass is 32.2.